The van der Waals surface area contributed by atoms with E-state index in [9.17, 15) is 9.18 Å². The monoisotopic (exact) mass is 406 g/mol. The molecule has 0 aromatic carbocycles. The number of H-pyrrole nitrogens is 1. The Bertz CT molecular complexity index is 996. The molecular weight excluding hydrogens is 387 g/mol. The van der Waals surface area contributed by atoms with Crippen LogP contribution in [-0.4, -0.2) is 47.7 Å². The molecule has 1 atom stereocenters. The number of fused-ring (bicyclic) bond motifs is 1. The van der Waals surface area contributed by atoms with Gasteiger partial charge in [-0.05, 0) is 12.8 Å². The highest BCUT2D eigenvalue weighted by molar-refractivity contribution is 8.00. The van der Waals surface area contributed by atoms with E-state index in [-0.39, 0.29) is 36.2 Å². The van der Waals surface area contributed by atoms with Gasteiger partial charge in [0.05, 0.1) is 24.4 Å². The fourth-order valence-electron chi connectivity index (χ4n) is 2.35. The molecule has 3 aromatic rings. The number of imidazole rings is 1. The van der Waals surface area contributed by atoms with Gasteiger partial charge in [0.15, 0.2) is 5.65 Å². The van der Waals surface area contributed by atoms with Gasteiger partial charge >= 0.3 is 0 Å². The Kier molecular flexibility index (Phi) is 5.87. The first-order valence-electron chi connectivity index (χ1n) is 8.48. The van der Waals surface area contributed by atoms with Crippen LogP contribution in [0.1, 0.15) is 20.8 Å². The van der Waals surface area contributed by atoms with Crippen molar-refractivity contribution >= 4 is 40.7 Å². The van der Waals surface area contributed by atoms with E-state index in [1.165, 1.54) is 18.1 Å². The maximum Gasteiger partial charge on any atom is 0.255 e. The van der Waals surface area contributed by atoms with Gasteiger partial charge < -0.3 is 15.5 Å². The number of ether oxygens (including phenoxy) is 1. The van der Waals surface area contributed by atoms with Crippen LogP contribution in [0.15, 0.2) is 17.6 Å². The smallest absolute Gasteiger partial charge is 0.255 e. The molecule has 0 saturated carbocycles. The summed E-state index contributed by atoms with van der Waals surface area (Å²) < 4.78 is 18.7. The summed E-state index contributed by atoms with van der Waals surface area (Å²) in [5.41, 5.74) is 6.74. The average molecular weight is 406 g/mol. The molecule has 4 N–H and O–H groups in total. The van der Waals surface area contributed by atoms with Crippen LogP contribution in [0.4, 0.5) is 16.3 Å². The SMILES string of the molecule is CCOc1nc(NC(=O)C(Sc2nc(N)nc3nc[nH]c23)C(C)C)ncc1F. The largest absolute Gasteiger partial charge is 0.476 e. The topological polar surface area (TPSA) is 145 Å². The minimum absolute atomic E-state index is 0.0463. The molecule has 0 bridgehead atoms. The van der Waals surface area contributed by atoms with Crippen LogP contribution in [0.3, 0.4) is 0 Å². The van der Waals surface area contributed by atoms with Crippen LogP contribution in [0.2, 0.25) is 0 Å². The standard InChI is InChI=1S/C16H19FN8O2S/c1-4-27-13-8(17)5-19-16(24-13)23-12(26)10(7(2)3)28-14-9-11(21-6-20-9)22-15(18)25-14/h5-7,10H,4H2,1-3H3,(H,19,23,24,26)(H3,18,20,21,22,25). The number of nitrogens with zero attached hydrogens (tertiary/aromatic N) is 5. The number of carbonyl (C=O) groups excluding carboxylic acids is 1. The number of nitrogen functional groups attached to an aromatic ring is 1. The number of thioether (sulfide) groups is 1. The van der Waals surface area contributed by atoms with Gasteiger partial charge in [0.2, 0.25) is 23.6 Å². The van der Waals surface area contributed by atoms with Crippen molar-refractivity contribution in [2.45, 2.75) is 31.0 Å². The van der Waals surface area contributed by atoms with Crippen molar-refractivity contribution in [3.63, 3.8) is 0 Å². The first-order chi connectivity index (χ1) is 13.4. The molecule has 1 unspecified atom stereocenters. The maximum atomic E-state index is 13.6. The number of nitrogens with two attached hydrogens (primary N) is 1. The summed E-state index contributed by atoms with van der Waals surface area (Å²) in [6.07, 6.45) is 2.43. The fraction of sp³-hybridized carbons (Fsp3) is 0.375. The number of hydrogen-bond donors (Lipinski definition) is 3. The van der Waals surface area contributed by atoms with Gasteiger partial charge in [0.1, 0.15) is 10.5 Å². The quantitative estimate of drug-likeness (QED) is 0.396. The fourth-order valence-corrected chi connectivity index (χ4v) is 3.44. The Hall–Kier alpha value is -3.02. The van der Waals surface area contributed by atoms with Gasteiger partial charge in [-0.25, -0.2) is 15.0 Å². The van der Waals surface area contributed by atoms with E-state index >= 15 is 0 Å². The Labute approximate surface area is 163 Å². The summed E-state index contributed by atoms with van der Waals surface area (Å²) in [7, 11) is 0. The van der Waals surface area contributed by atoms with Crippen molar-refractivity contribution in [1.82, 2.24) is 29.9 Å². The number of hydrogen-bond acceptors (Lipinski definition) is 9. The number of aromatic amines is 1. The lowest BCUT2D eigenvalue weighted by Gasteiger charge is -2.19. The highest BCUT2D eigenvalue weighted by Crippen LogP contribution is 2.31. The normalized spacial score (nSPS) is 12.3. The first-order valence-corrected chi connectivity index (χ1v) is 9.36. The molecule has 3 heterocycles. The summed E-state index contributed by atoms with van der Waals surface area (Å²) in [6.45, 7) is 5.72. The Morgan fingerprint density at radius 2 is 2.14 bits per heavy atom. The number of nitrogens with one attached hydrogen (secondary N) is 2. The summed E-state index contributed by atoms with van der Waals surface area (Å²) in [5, 5.41) is 2.55. The van der Waals surface area contributed by atoms with Crippen LogP contribution >= 0.6 is 11.8 Å². The van der Waals surface area contributed by atoms with Crippen molar-refractivity contribution in [2.75, 3.05) is 17.7 Å². The van der Waals surface area contributed by atoms with Crippen molar-refractivity contribution in [3.8, 4) is 5.88 Å². The van der Waals surface area contributed by atoms with Crippen molar-refractivity contribution < 1.29 is 13.9 Å². The molecule has 10 nitrogen and oxygen atoms in total. The van der Waals surface area contributed by atoms with Gasteiger partial charge in [-0.3, -0.25) is 10.1 Å². The minimum Gasteiger partial charge on any atom is -0.476 e. The number of amides is 1. The minimum atomic E-state index is -0.701. The molecule has 0 saturated heterocycles. The Morgan fingerprint density at radius 3 is 2.86 bits per heavy atom. The van der Waals surface area contributed by atoms with Gasteiger partial charge in [0, 0.05) is 0 Å². The molecule has 3 rings (SSSR count). The van der Waals surface area contributed by atoms with E-state index in [0.717, 1.165) is 6.20 Å². The van der Waals surface area contributed by atoms with Crippen LogP contribution in [0.25, 0.3) is 11.2 Å². The van der Waals surface area contributed by atoms with E-state index in [0.29, 0.717) is 16.2 Å². The molecule has 0 aliphatic heterocycles. The number of carbonyl (C=O) groups is 1. The second kappa shape index (κ2) is 8.33. The molecule has 148 valence electrons. The van der Waals surface area contributed by atoms with Crippen LogP contribution in [-0.2, 0) is 4.79 Å². The van der Waals surface area contributed by atoms with E-state index in [1.54, 1.807) is 6.92 Å². The van der Waals surface area contributed by atoms with Crippen molar-refractivity contribution in [3.05, 3.63) is 18.3 Å². The Morgan fingerprint density at radius 1 is 1.36 bits per heavy atom. The molecule has 3 aromatic heterocycles. The summed E-state index contributed by atoms with van der Waals surface area (Å²) in [4.78, 5) is 35.8. The summed E-state index contributed by atoms with van der Waals surface area (Å²) >= 11 is 1.21. The second-order valence-electron chi connectivity index (χ2n) is 6.04. The predicted octanol–water partition coefficient (Wildman–Crippen LogP) is 2.02. The Balaban J connectivity index is 1.83. The molecular formula is C16H19FN8O2S. The molecule has 0 fully saturated rings. The molecule has 0 spiro atoms. The molecule has 12 heteroatoms. The zero-order valence-electron chi connectivity index (χ0n) is 15.4. The van der Waals surface area contributed by atoms with E-state index in [2.05, 4.69) is 35.2 Å². The zero-order chi connectivity index (χ0) is 20.3. The third-order valence-electron chi connectivity index (χ3n) is 3.60. The van der Waals surface area contributed by atoms with Gasteiger partial charge in [-0.1, -0.05) is 25.6 Å². The molecule has 1 amide bonds. The molecule has 0 aliphatic rings. The van der Waals surface area contributed by atoms with Crippen LogP contribution in [0.5, 0.6) is 5.88 Å². The van der Waals surface area contributed by atoms with E-state index in [1.807, 2.05) is 13.8 Å². The van der Waals surface area contributed by atoms with Gasteiger partial charge in [-0.2, -0.15) is 14.4 Å². The number of halogens is 1. The lowest BCUT2D eigenvalue weighted by atomic mass is 10.1. The van der Waals surface area contributed by atoms with Gasteiger partial charge in [-0.15, -0.1) is 0 Å². The highest BCUT2D eigenvalue weighted by Gasteiger charge is 2.27. The third kappa shape index (κ3) is 4.27. The highest BCUT2D eigenvalue weighted by atomic mass is 32.2. The summed E-state index contributed by atoms with van der Waals surface area (Å²) in [5.74, 6) is -1.33. The first kappa shape index (κ1) is 19.7. The average Bonchev–Trinajstić information content (AvgIpc) is 3.10. The predicted molar refractivity (Wildman–Crippen MR) is 102 cm³/mol. The van der Waals surface area contributed by atoms with Crippen molar-refractivity contribution in [2.24, 2.45) is 5.92 Å². The molecule has 0 aliphatic carbocycles. The molecule has 0 radical (unpaired) electrons. The van der Waals surface area contributed by atoms with E-state index < -0.39 is 11.1 Å². The summed E-state index contributed by atoms with van der Waals surface area (Å²) in [6, 6.07) is 0. The number of rotatable bonds is 7. The number of aromatic nitrogens is 6. The second-order valence-corrected chi connectivity index (χ2v) is 7.17. The van der Waals surface area contributed by atoms with Crippen molar-refractivity contribution in [1.29, 1.82) is 0 Å². The van der Waals surface area contributed by atoms with E-state index in [4.69, 9.17) is 10.5 Å². The maximum absolute atomic E-state index is 13.6. The number of anilines is 2. The molecule has 28 heavy (non-hydrogen) atoms. The lowest BCUT2D eigenvalue weighted by molar-refractivity contribution is -0.116. The third-order valence-corrected chi connectivity index (χ3v) is 5.13. The zero-order valence-corrected chi connectivity index (χ0v) is 16.2. The van der Waals surface area contributed by atoms with Gasteiger partial charge in [0.25, 0.3) is 5.88 Å². The van der Waals surface area contributed by atoms with Crippen LogP contribution in [0, 0.1) is 11.7 Å². The van der Waals surface area contributed by atoms with Crippen LogP contribution < -0.4 is 15.8 Å². The lowest BCUT2D eigenvalue weighted by Crippen LogP contribution is -2.30.